The summed E-state index contributed by atoms with van der Waals surface area (Å²) in [5.41, 5.74) is 9.09. The first-order valence-corrected chi connectivity index (χ1v) is 29.3. The van der Waals surface area contributed by atoms with Crippen LogP contribution in [0.2, 0.25) is 0 Å². The first-order chi connectivity index (χ1) is 39.5. The zero-order chi connectivity index (χ0) is 67.0. The second kappa shape index (κ2) is 48.7. The predicted octanol–water partition coefficient (Wildman–Crippen LogP) is 13.7. The van der Waals surface area contributed by atoms with Crippen LogP contribution in [0.5, 0.6) is 0 Å². The van der Waals surface area contributed by atoms with E-state index in [2.05, 4.69) is 282 Å². The number of rotatable bonds is 0. The summed E-state index contributed by atoms with van der Waals surface area (Å²) < 4.78 is 10.5. The van der Waals surface area contributed by atoms with Crippen LogP contribution in [0.15, 0.2) is 73.9 Å². The molecule has 18 nitrogen and oxygen atoms in total. The van der Waals surface area contributed by atoms with Crippen molar-refractivity contribution in [1.82, 2.24) is 79.2 Å². The molecule has 3 N–H and O–H groups in total. The molecule has 1 unspecified atom stereocenters. The normalized spacial score (nSPS) is 12.2. The molecule has 1 atom stereocenters. The molecule has 0 amide bonds. The van der Waals surface area contributed by atoms with E-state index in [-0.39, 0.29) is 224 Å². The summed E-state index contributed by atoms with van der Waals surface area (Å²) >= 11 is 0. The molecule has 0 spiro atoms. The summed E-state index contributed by atoms with van der Waals surface area (Å²) in [7, 11) is 5.81. The number of H-pyrrole nitrogens is 3. The monoisotopic (exact) mass is 2690 g/mol. The van der Waals surface area contributed by atoms with Gasteiger partial charge in [0.15, 0.2) is 0 Å². The van der Waals surface area contributed by atoms with Crippen molar-refractivity contribution in [3.8, 4) is 0 Å². The molecule has 0 fully saturated rings. The first kappa shape index (κ1) is 109. The summed E-state index contributed by atoms with van der Waals surface area (Å²) in [4.78, 5) is 41.3. The van der Waals surface area contributed by atoms with Gasteiger partial charge in [0.25, 0.3) is 0 Å². The van der Waals surface area contributed by atoms with Gasteiger partial charge in [-0.1, -0.05) is 239 Å². The number of carbonyl (C=O) groups excluding carboxylic acids is 1. The minimum Gasteiger partial charge on any atom is -0.464 e. The number of aromatic amines is 3. The molecule has 8 aromatic heterocycles. The van der Waals surface area contributed by atoms with Crippen LogP contribution in [-0.4, -0.2) is 91.3 Å². The number of carbonyl (C=O) groups is 1. The molecule has 1 aliphatic rings. The molecular formula is C69H106N16O2Re8-8. The smallest absolute Gasteiger partial charge is 0.331 e. The van der Waals surface area contributed by atoms with Crippen LogP contribution in [0.1, 0.15) is 232 Å². The van der Waals surface area contributed by atoms with Crippen molar-refractivity contribution in [1.29, 1.82) is 0 Å². The molecule has 8 aromatic rings. The number of cyclic esters (lactones) is 1. The van der Waals surface area contributed by atoms with Crippen LogP contribution < -0.4 is 0 Å². The van der Waals surface area contributed by atoms with Crippen LogP contribution in [0.4, 0.5) is 0 Å². The summed E-state index contributed by atoms with van der Waals surface area (Å²) in [6.07, 6.45) is 38.4. The minimum absolute atomic E-state index is 0. The van der Waals surface area contributed by atoms with Gasteiger partial charge in [-0.15, -0.1) is 78.8 Å². The first-order valence-electron chi connectivity index (χ1n) is 29.3. The van der Waals surface area contributed by atoms with Crippen molar-refractivity contribution in [2.45, 2.75) is 236 Å². The van der Waals surface area contributed by atoms with Crippen molar-refractivity contribution >= 4 is 5.97 Å². The third kappa shape index (κ3) is 46.9. The molecule has 0 bridgehead atoms. The van der Waals surface area contributed by atoms with Gasteiger partial charge in [0, 0.05) is 200 Å². The van der Waals surface area contributed by atoms with Crippen molar-refractivity contribution in [3.05, 3.63) is 169 Å². The molecule has 0 aliphatic carbocycles. The number of aryl methyl sites for hydroxylation is 3. The van der Waals surface area contributed by atoms with Gasteiger partial charge in [0.2, 0.25) is 0 Å². The average Bonchev–Trinajstić information content (AvgIpc) is 1.97. The molecule has 9 heterocycles. The molecule has 0 aromatic carbocycles. The Bertz CT molecular complexity index is 2920. The molecule has 8 radical (unpaired) electrons. The van der Waals surface area contributed by atoms with E-state index in [9.17, 15) is 4.79 Å². The molecule has 9 rings (SSSR count). The Morgan fingerprint density at radius 2 is 1.07 bits per heavy atom. The van der Waals surface area contributed by atoms with Gasteiger partial charge in [-0.2, -0.15) is 17.2 Å². The van der Waals surface area contributed by atoms with Gasteiger partial charge < -0.3 is 83.9 Å². The Morgan fingerprint density at radius 3 is 1.28 bits per heavy atom. The average molecular weight is 2680 g/mol. The number of hydrogen-bond donors (Lipinski definition) is 3. The van der Waals surface area contributed by atoms with Gasteiger partial charge >= 0.3 is 5.97 Å². The number of nitrogens with one attached hydrogen (secondary N) is 3. The SMILES string of the molecule is CC(C)(C)C1C=CC(=O)O1.CC(C)(C)c1[c-]n[nH]c1.CC(C)(C)c1c[c-]n[nH]1.CC(C)(C)c1c[c-]ncn1.CC(C)(C)c1cn[c-][nH]1.CC(C)(C)c1n[c-]ccn1.Cn1[c-]nc(C(C)(C)C)c1.Cn1[c-]ncc1C(C)(C)C.Cn1cc(C(C)(C)C)[c-]n1.[Re].[Re].[Re].[Re].[Re].[Re].[Re].[Re]. The summed E-state index contributed by atoms with van der Waals surface area (Å²) in [5, 5.41) is 17.1. The number of ether oxygens (including phenoxy) is 1. The number of aromatic nitrogens is 16. The van der Waals surface area contributed by atoms with Gasteiger partial charge in [-0.05, 0) is 54.5 Å². The van der Waals surface area contributed by atoms with E-state index >= 15 is 0 Å². The van der Waals surface area contributed by atoms with Crippen LogP contribution in [-0.2, 0) is 237 Å². The fourth-order valence-electron chi connectivity index (χ4n) is 6.44. The molecule has 1 aliphatic heterocycles. The molecule has 95 heavy (non-hydrogen) atoms. The molecular weight excluding hydrogens is 2570 g/mol. The number of nitrogens with zero attached hydrogens (tertiary/aromatic N) is 13. The van der Waals surface area contributed by atoms with Crippen molar-refractivity contribution in [3.63, 3.8) is 0 Å². The van der Waals surface area contributed by atoms with Gasteiger partial charge in [-0.3, -0.25) is 0 Å². The third-order valence-electron chi connectivity index (χ3n) is 12.2. The standard InChI is InChI=1S/3C8H13N2.2C8H11N2.C8H12O2.3C7H11N2.8Re/c1-8(2,3)7-5-10(4)6-9-7;1-8(2,3)7-5-9-6-10(7)4;1-8(2,3)7-5-9-10(4)6-7;1-8(2,3)7-4-5-9-6-10-7;1-8(2,3)7-9-5-4-6-10-7;1-8(2,3)6-4-5-7(9)10-6;1-7(2,3)6-4-8-5-9-6;1-7(2,3)6-4-8-9-5-6;1-7(2,3)6-4-5-8-9-6;;;;;;;;/h2*5H,1-4H3;6H,1-4H3;4,6H,1-3H3;4-5H,1-3H3;4-6H,1-3H3;3*4H,1-3H3,(H,8,9);;;;;;;;/q5*-1;;3*-1;;;;;;;;. The maximum Gasteiger partial charge on any atom is 0.331 e. The largest absolute Gasteiger partial charge is 0.464 e. The minimum atomic E-state index is -0.222. The second-order valence-electron chi connectivity index (χ2n) is 30.3. The quantitative estimate of drug-likeness (QED) is 0.0954. The molecule has 0 saturated carbocycles. The van der Waals surface area contributed by atoms with E-state index < -0.39 is 0 Å². The maximum atomic E-state index is 10.6. The van der Waals surface area contributed by atoms with Crippen LogP contribution >= 0.6 is 0 Å². The Kier molecular flexibility index (Phi) is 55.8. The summed E-state index contributed by atoms with van der Waals surface area (Å²) in [6.45, 7) is 57.3. The molecule has 0 saturated heterocycles. The number of esters is 1. The predicted molar refractivity (Wildman–Crippen MR) is 348 cm³/mol. The summed E-state index contributed by atoms with van der Waals surface area (Å²) in [5.74, 6) is 0.620. The van der Waals surface area contributed by atoms with E-state index in [0.717, 1.165) is 39.7 Å². The second-order valence-corrected chi connectivity index (χ2v) is 30.3. The fourth-order valence-corrected chi connectivity index (χ4v) is 6.44. The van der Waals surface area contributed by atoms with Gasteiger partial charge in [0.1, 0.15) is 6.10 Å². The van der Waals surface area contributed by atoms with Crippen LogP contribution in [0, 0.1) is 55.4 Å². The van der Waals surface area contributed by atoms with Gasteiger partial charge in [0.05, 0.1) is 0 Å². The topological polar surface area (TPSA) is 217 Å². The van der Waals surface area contributed by atoms with E-state index in [1.165, 1.54) is 18.1 Å². The third-order valence-corrected chi connectivity index (χ3v) is 12.2. The Morgan fingerprint density at radius 1 is 0.516 bits per heavy atom. The van der Waals surface area contributed by atoms with Crippen molar-refractivity contribution in [2.75, 3.05) is 0 Å². The van der Waals surface area contributed by atoms with E-state index in [4.69, 9.17) is 4.74 Å². The Balaban J connectivity index is -0.000000148. The number of imidazole rings is 3. The van der Waals surface area contributed by atoms with E-state index in [1.807, 2.05) is 94.0 Å². The Labute approximate surface area is 682 Å². The zero-order valence-corrected chi connectivity index (χ0v) is 83.4. The fraction of sp³-hybridized carbons (Fsp3) is 0.580. The van der Waals surface area contributed by atoms with Crippen molar-refractivity contribution < 1.29 is 173 Å². The summed E-state index contributed by atoms with van der Waals surface area (Å²) in [6, 6.07) is 5.40. The van der Waals surface area contributed by atoms with Crippen LogP contribution in [0.3, 0.4) is 0 Å². The molecule has 26 heteroatoms. The van der Waals surface area contributed by atoms with Gasteiger partial charge in [-0.25, -0.2) is 4.79 Å². The van der Waals surface area contributed by atoms with Crippen molar-refractivity contribution in [2.24, 2.45) is 26.6 Å². The number of hydrogen-bond acceptors (Lipinski definition) is 12. The van der Waals surface area contributed by atoms with E-state index in [1.54, 1.807) is 23.1 Å². The van der Waals surface area contributed by atoms with E-state index in [0.29, 0.717) is 0 Å². The zero-order valence-electron chi connectivity index (χ0n) is 61.7. The maximum absolute atomic E-state index is 10.6. The molecule has 538 valence electrons. The Hall–Kier alpha value is -2.07. The van der Waals surface area contributed by atoms with Crippen LogP contribution in [0.25, 0.3) is 0 Å².